The van der Waals surface area contributed by atoms with Crippen LogP contribution in [0.1, 0.15) is 23.4 Å². The van der Waals surface area contributed by atoms with Gasteiger partial charge in [0.15, 0.2) is 17.5 Å². The Kier molecular flexibility index (Phi) is 4.61. The second kappa shape index (κ2) is 7.00. The minimum Gasteiger partial charge on any atom is -0.381 e. The van der Waals surface area contributed by atoms with E-state index >= 15 is 0 Å². The van der Waals surface area contributed by atoms with Gasteiger partial charge in [0, 0.05) is 19.8 Å². The number of nitrogens with zero attached hydrogens (tertiary/aromatic N) is 7. The fraction of sp³-hybridized carbons (Fsp3) is 0.312. The lowest BCUT2D eigenvalue weighted by molar-refractivity contribution is 0.745. The summed E-state index contributed by atoms with van der Waals surface area (Å²) in [7, 11) is 1.95. The van der Waals surface area contributed by atoms with E-state index in [-0.39, 0.29) is 5.82 Å². The molecule has 3 rings (SSSR count). The van der Waals surface area contributed by atoms with Crippen LogP contribution in [0.4, 0.5) is 11.6 Å². The number of anilines is 2. The Bertz CT molecular complexity index is 885. The van der Waals surface area contributed by atoms with Crippen molar-refractivity contribution in [3.05, 3.63) is 41.3 Å². The summed E-state index contributed by atoms with van der Waals surface area (Å²) in [6, 6.07) is 7.78. The van der Waals surface area contributed by atoms with Crippen LogP contribution in [0.25, 0.3) is 5.82 Å². The van der Waals surface area contributed by atoms with Gasteiger partial charge in [0.25, 0.3) is 0 Å². The minimum atomic E-state index is 0.251. The van der Waals surface area contributed by atoms with Crippen LogP contribution in [0, 0.1) is 18.3 Å². The van der Waals surface area contributed by atoms with Crippen molar-refractivity contribution in [3.63, 3.8) is 0 Å². The first-order chi connectivity index (χ1) is 12.1. The number of hydrogen-bond donors (Lipinski definition) is 2. The minimum absolute atomic E-state index is 0.251. The van der Waals surface area contributed by atoms with Crippen LogP contribution in [-0.2, 0) is 6.42 Å². The first-order valence-electron chi connectivity index (χ1n) is 7.89. The molecule has 9 heteroatoms. The van der Waals surface area contributed by atoms with Gasteiger partial charge in [-0.15, -0.1) is 10.2 Å². The molecule has 0 bridgehead atoms. The van der Waals surface area contributed by atoms with E-state index in [1.807, 2.05) is 43.3 Å². The maximum Gasteiger partial charge on any atom is 0.175 e. The zero-order chi connectivity index (χ0) is 17.8. The highest BCUT2D eigenvalue weighted by molar-refractivity contribution is 5.50. The topological polar surface area (TPSA) is 125 Å². The lowest BCUT2D eigenvalue weighted by Crippen LogP contribution is -2.21. The first-order valence-corrected chi connectivity index (χ1v) is 7.89. The van der Waals surface area contributed by atoms with Crippen molar-refractivity contribution in [1.82, 2.24) is 30.2 Å². The molecule has 0 saturated carbocycles. The molecule has 9 nitrogen and oxygen atoms in total. The van der Waals surface area contributed by atoms with Crippen molar-refractivity contribution in [1.29, 1.82) is 5.26 Å². The van der Waals surface area contributed by atoms with E-state index in [0.717, 1.165) is 30.2 Å². The molecule has 3 heterocycles. The second-order valence-electron chi connectivity index (χ2n) is 5.75. The molecule has 0 atom stereocenters. The van der Waals surface area contributed by atoms with Gasteiger partial charge in [0.05, 0.1) is 11.4 Å². The van der Waals surface area contributed by atoms with E-state index in [1.54, 1.807) is 4.68 Å². The predicted octanol–water partition coefficient (Wildman–Crippen LogP) is 1.22. The zero-order valence-corrected chi connectivity index (χ0v) is 14.1. The molecule has 0 aliphatic rings. The molecule has 0 aliphatic carbocycles. The van der Waals surface area contributed by atoms with Crippen LogP contribution in [0.3, 0.4) is 0 Å². The zero-order valence-electron chi connectivity index (χ0n) is 14.1. The van der Waals surface area contributed by atoms with E-state index in [4.69, 9.17) is 11.0 Å². The number of nitriles is 1. The number of aromatic amines is 1. The van der Waals surface area contributed by atoms with Crippen LogP contribution in [0.5, 0.6) is 0 Å². The Morgan fingerprint density at radius 3 is 2.80 bits per heavy atom. The van der Waals surface area contributed by atoms with Gasteiger partial charge in [-0.1, -0.05) is 0 Å². The van der Waals surface area contributed by atoms with Crippen molar-refractivity contribution in [2.24, 2.45) is 0 Å². The van der Waals surface area contributed by atoms with Crippen LogP contribution in [0.15, 0.2) is 24.4 Å². The summed E-state index contributed by atoms with van der Waals surface area (Å²) in [6.45, 7) is 2.69. The summed E-state index contributed by atoms with van der Waals surface area (Å²) in [4.78, 5) is 2.01. The average Bonchev–Trinajstić information content (AvgIpc) is 3.20. The summed E-state index contributed by atoms with van der Waals surface area (Å²) in [6.07, 6.45) is 3.37. The summed E-state index contributed by atoms with van der Waals surface area (Å²) >= 11 is 0. The number of H-pyrrole nitrogens is 1. The molecule has 3 N–H and O–H groups in total. The standard InChI is InChI=1S/C16H19N9/c1-11-7-9-25(23-11)15-6-5-14(20-21-15)24(2)8-3-4-13-12(10-17)16(18)22-19-13/h5-7,9H,3-4,8H2,1-2H3,(H3,18,19,22). The van der Waals surface area contributed by atoms with Gasteiger partial charge in [-0.05, 0) is 38.0 Å². The summed E-state index contributed by atoms with van der Waals surface area (Å²) in [5.74, 6) is 1.70. The van der Waals surface area contributed by atoms with Gasteiger partial charge in [-0.2, -0.15) is 15.5 Å². The normalized spacial score (nSPS) is 10.6. The molecule has 0 aliphatic heterocycles. The second-order valence-corrected chi connectivity index (χ2v) is 5.75. The lowest BCUT2D eigenvalue weighted by atomic mass is 10.1. The van der Waals surface area contributed by atoms with Gasteiger partial charge in [-0.3, -0.25) is 5.10 Å². The van der Waals surface area contributed by atoms with E-state index in [0.29, 0.717) is 17.8 Å². The third-order valence-electron chi connectivity index (χ3n) is 3.89. The molecular formula is C16H19N9. The fourth-order valence-corrected chi connectivity index (χ4v) is 2.49. The van der Waals surface area contributed by atoms with Crippen LogP contribution >= 0.6 is 0 Å². The van der Waals surface area contributed by atoms with Crippen molar-refractivity contribution in [3.8, 4) is 11.9 Å². The maximum atomic E-state index is 9.07. The smallest absolute Gasteiger partial charge is 0.175 e. The largest absolute Gasteiger partial charge is 0.381 e. The monoisotopic (exact) mass is 337 g/mol. The molecular weight excluding hydrogens is 318 g/mol. The molecule has 25 heavy (non-hydrogen) atoms. The molecule has 0 unspecified atom stereocenters. The lowest BCUT2D eigenvalue weighted by Gasteiger charge is -2.17. The highest BCUT2D eigenvalue weighted by atomic mass is 15.4. The van der Waals surface area contributed by atoms with Crippen molar-refractivity contribution in [2.75, 3.05) is 24.2 Å². The van der Waals surface area contributed by atoms with Gasteiger partial charge < -0.3 is 10.6 Å². The van der Waals surface area contributed by atoms with Crippen LogP contribution in [0.2, 0.25) is 0 Å². The van der Waals surface area contributed by atoms with E-state index in [9.17, 15) is 0 Å². The Hall–Kier alpha value is -3.41. The highest BCUT2D eigenvalue weighted by Gasteiger charge is 2.11. The van der Waals surface area contributed by atoms with Gasteiger partial charge in [0.2, 0.25) is 0 Å². The Morgan fingerprint density at radius 1 is 1.32 bits per heavy atom. The predicted molar refractivity (Wildman–Crippen MR) is 93.2 cm³/mol. The molecule has 0 radical (unpaired) electrons. The third kappa shape index (κ3) is 3.58. The molecule has 3 aromatic rings. The molecule has 0 amide bonds. The summed E-state index contributed by atoms with van der Waals surface area (Å²) < 4.78 is 1.69. The first kappa shape index (κ1) is 16.4. The van der Waals surface area contributed by atoms with Crippen molar-refractivity contribution < 1.29 is 0 Å². The number of rotatable bonds is 6. The fourth-order valence-electron chi connectivity index (χ4n) is 2.49. The van der Waals surface area contributed by atoms with E-state index in [1.165, 1.54) is 0 Å². The summed E-state index contributed by atoms with van der Waals surface area (Å²) in [5, 5.41) is 28.5. The molecule has 0 spiro atoms. The number of hydrogen-bond acceptors (Lipinski definition) is 7. The number of nitrogens with two attached hydrogens (primary N) is 1. The number of nitrogen functional groups attached to an aromatic ring is 1. The number of aromatic nitrogens is 6. The molecule has 0 fully saturated rings. The molecule has 128 valence electrons. The highest BCUT2D eigenvalue weighted by Crippen LogP contribution is 2.15. The average molecular weight is 337 g/mol. The van der Waals surface area contributed by atoms with Crippen LogP contribution in [-0.4, -0.2) is 43.8 Å². The molecule has 0 saturated heterocycles. The van der Waals surface area contributed by atoms with E-state index in [2.05, 4.69) is 31.6 Å². The molecule has 3 aromatic heterocycles. The van der Waals surface area contributed by atoms with E-state index < -0.39 is 0 Å². The van der Waals surface area contributed by atoms with Gasteiger partial charge >= 0.3 is 0 Å². The number of aryl methyl sites for hydroxylation is 2. The summed E-state index contributed by atoms with van der Waals surface area (Å²) in [5.41, 5.74) is 7.77. The van der Waals surface area contributed by atoms with Gasteiger partial charge in [-0.25, -0.2) is 4.68 Å². The third-order valence-corrected chi connectivity index (χ3v) is 3.89. The van der Waals surface area contributed by atoms with Crippen molar-refractivity contribution >= 4 is 11.6 Å². The maximum absolute atomic E-state index is 9.07. The Balaban J connectivity index is 1.58. The number of nitrogens with one attached hydrogen (secondary N) is 1. The Labute approximate surface area is 145 Å². The quantitative estimate of drug-likeness (QED) is 0.692. The van der Waals surface area contributed by atoms with Gasteiger partial charge in [0.1, 0.15) is 11.6 Å². The Morgan fingerprint density at radius 2 is 2.16 bits per heavy atom. The van der Waals surface area contributed by atoms with Crippen molar-refractivity contribution in [2.45, 2.75) is 19.8 Å². The molecule has 0 aromatic carbocycles. The van der Waals surface area contributed by atoms with Crippen LogP contribution < -0.4 is 10.6 Å². The SMILES string of the molecule is Cc1ccn(-c2ccc(N(C)CCCc3[nH]nc(N)c3C#N)nn2)n1.